The van der Waals surface area contributed by atoms with E-state index in [2.05, 4.69) is 72.1 Å². The quantitative estimate of drug-likeness (QED) is 0.454. The van der Waals surface area contributed by atoms with Crippen LogP contribution in [-0.2, 0) is 6.54 Å². The van der Waals surface area contributed by atoms with Crippen molar-refractivity contribution in [3.63, 3.8) is 0 Å². The molecule has 0 fully saturated rings. The van der Waals surface area contributed by atoms with E-state index >= 15 is 0 Å². The predicted octanol–water partition coefficient (Wildman–Crippen LogP) is 3.83. The molecule has 0 unspecified atom stereocenters. The largest absolute Gasteiger partial charge is 0.472 e. The molecule has 7 nitrogen and oxygen atoms in total. The number of carbonyl (C=O) groups is 1. The van der Waals surface area contributed by atoms with Crippen molar-refractivity contribution < 1.29 is 19.7 Å². The second kappa shape index (κ2) is 12.9. The molecular weight excluding hydrogens is 490 g/mol. The number of amides is 1. The lowest BCUT2D eigenvalue weighted by Crippen LogP contribution is -2.49. The Balaban J connectivity index is 1.54. The van der Waals surface area contributed by atoms with Gasteiger partial charge in [0, 0.05) is 37.3 Å². The van der Waals surface area contributed by atoms with Crippen LogP contribution in [0.5, 0.6) is 5.88 Å². The Morgan fingerprint density at radius 3 is 2.49 bits per heavy atom. The highest BCUT2D eigenvalue weighted by atomic mass is 16.5. The van der Waals surface area contributed by atoms with Gasteiger partial charge in [0.15, 0.2) is 0 Å². The van der Waals surface area contributed by atoms with E-state index in [9.17, 15) is 15.0 Å². The average Bonchev–Trinajstić information content (AvgIpc) is 2.94. The minimum Gasteiger partial charge on any atom is -0.472 e. The van der Waals surface area contributed by atoms with Crippen LogP contribution in [0.2, 0.25) is 0 Å². The molecule has 2 heterocycles. The summed E-state index contributed by atoms with van der Waals surface area (Å²) < 4.78 is 6.39. The second-order valence-electron chi connectivity index (χ2n) is 10.4. The number of hydrogen-bond acceptors (Lipinski definition) is 6. The molecule has 0 spiro atoms. The molecule has 0 aliphatic carbocycles. The van der Waals surface area contributed by atoms with Gasteiger partial charge in [-0.2, -0.15) is 0 Å². The molecule has 0 bridgehead atoms. The first-order valence-electron chi connectivity index (χ1n) is 13.4. The maximum Gasteiger partial charge on any atom is 0.259 e. The summed E-state index contributed by atoms with van der Waals surface area (Å²) in [6.07, 6.45) is 0.531. The number of carbonyl (C=O) groups excluding carboxylic acids is 1. The number of nitrogens with zero attached hydrogens (tertiary/aromatic N) is 3. The molecule has 2 aromatic carbocycles. The molecule has 1 aliphatic rings. The van der Waals surface area contributed by atoms with E-state index in [1.807, 2.05) is 25.1 Å². The number of aliphatic hydroxyl groups excluding tert-OH is 2. The van der Waals surface area contributed by atoms with Crippen molar-refractivity contribution in [3.05, 3.63) is 83.6 Å². The first kappa shape index (κ1) is 28.3. The number of ether oxygens (including phenoxy) is 1. The maximum absolute atomic E-state index is 13.5. The van der Waals surface area contributed by atoms with Crippen LogP contribution >= 0.6 is 0 Å². The third-order valence-electron chi connectivity index (χ3n) is 6.95. The fourth-order valence-electron chi connectivity index (χ4n) is 4.69. The summed E-state index contributed by atoms with van der Waals surface area (Å²) in [5.74, 6) is 5.55. The summed E-state index contributed by atoms with van der Waals surface area (Å²) in [6, 6.07) is 20.2. The Hall–Kier alpha value is -3.70. The van der Waals surface area contributed by atoms with E-state index in [4.69, 9.17) is 4.74 Å². The highest BCUT2D eigenvalue weighted by molar-refractivity contribution is 5.97. The molecule has 0 saturated carbocycles. The summed E-state index contributed by atoms with van der Waals surface area (Å²) >= 11 is 0. The summed E-state index contributed by atoms with van der Waals surface area (Å²) in [5, 5.41) is 19.4. The molecule has 1 aliphatic heterocycles. The third-order valence-corrected chi connectivity index (χ3v) is 6.95. The van der Waals surface area contributed by atoms with Crippen LogP contribution in [0.3, 0.4) is 0 Å². The van der Waals surface area contributed by atoms with Gasteiger partial charge >= 0.3 is 0 Å². The average molecular weight is 528 g/mol. The van der Waals surface area contributed by atoms with E-state index < -0.39 is 6.10 Å². The lowest BCUT2D eigenvalue weighted by Gasteiger charge is -2.37. The lowest BCUT2D eigenvalue weighted by atomic mass is 9.99. The number of fused-ring (bicyclic) bond motifs is 1. The summed E-state index contributed by atoms with van der Waals surface area (Å²) in [6.45, 7) is 7.13. The van der Waals surface area contributed by atoms with Crippen LogP contribution in [0.1, 0.15) is 42.3 Å². The number of rotatable bonds is 7. The van der Waals surface area contributed by atoms with E-state index in [1.54, 1.807) is 24.1 Å². The normalized spacial score (nSPS) is 18.7. The zero-order valence-electron chi connectivity index (χ0n) is 23.0. The van der Waals surface area contributed by atoms with Crippen molar-refractivity contribution in [2.45, 2.75) is 45.6 Å². The van der Waals surface area contributed by atoms with Crippen LogP contribution in [0, 0.1) is 17.8 Å². The van der Waals surface area contributed by atoms with Crippen LogP contribution in [-0.4, -0.2) is 75.9 Å². The van der Waals surface area contributed by atoms with Gasteiger partial charge in [-0.05, 0) is 43.7 Å². The first-order valence-corrected chi connectivity index (χ1v) is 13.4. The van der Waals surface area contributed by atoms with Gasteiger partial charge in [0.25, 0.3) is 5.91 Å². The van der Waals surface area contributed by atoms with Gasteiger partial charge in [0.1, 0.15) is 17.8 Å². The fraction of sp³-hybridized carbons (Fsp3) is 0.375. The Morgan fingerprint density at radius 2 is 1.82 bits per heavy atom. The second-order valence-corrected chi connectivity index (χ2v) is 10.4. The van der Waals surface area contributed by atoms with Crippen molar-refractivity contribution in [1.29, 1.82) is 0 Å². The van der Waals surface area contributed by atoms with Crippen molar-refractivity contribution >= 4 is 5.91 Å². The van der Waals surface area contributed by atoms with Gasteiger partial charge in [0.2, 0.25) is 5.88 Å². The summed E-state index contributed by atoms with van der Waals surface area (Å²) in [7, 11) is 2.06. The lowest BCUT2D eigenvalue weighted by molar-refractivity contribution is 0.0325. The van der Waals surface area contributed by atoms with Crippen molar-refractivity contribution in [2.75, 3.05) is 26.7 Å². The highest BCUT2D eigenvalue weighted by Gasteiger charge is 2.34. The highest BCUT2D eigenvalue weighted by Crippen LogP contribution is 2.28. The Labute approximate surface area is 231 Å². The number of likely N-dealkylation sites (N-methyl/N-ethyl adjacent to an activating group) is 1. The van der Waals surface area contributed by atoms with Gasteiger partial charge in [-0.3, -0.25) is 9.69 Å². The topological polar surface area (TPSA) is 86.1 Å². The minimum atomic E-state index is -0.791. The minimum absolute atomic E-state index is 0.00415. The SMILES string of the molecule is C[C@H](O)C#Cc1cnc2c(c1)C(=O)N([C@H](C)CO)C[C@@H](C)[C@@H](CN(C)Cc1ccc(-c3ccccc3)cc1)O2. The number of aliphatic hydroxyl groups is 2. The van der Waals surface area contributed by atoms with E-state index in [-0.39, 0.29) is 36.5 Å². The molecule has 0 saturated heterocycles. The summed E-state index contributed by atoms with van der Waals surface area (Å²) in [4.78, 5) is 21.9. The molecule has 7 heteroatoms. The first-order chi connectivity index (χ1) is 18.7. The van der Waals surface area contributed by atoms with Crippen LogP contribution < -0.4 is 4.74 Å². The Bertz CT molecular complexity index is 1310. The molecule has 204 valence electrons. The van der Waals surface area contributed by atoms with Crippen LogP contribution in [0.4, 0.5) is 0 Å². The number of hydrogen-bond donors (Lipinski definition) is 2. The molecule has 39 heavy (non-hydrogen) atoms. The van der Waals surface area contributed by atoms with E-state index in [0.29, 0.717) is 24.2 Å². The van der Waals surface area contributed by atoms with Crippen molar-refractivity contribution in [1.82, 2.24) is 14.8 Å². The van der Waals surface area contributed by atoms with Gasteiger partial charge in [0.05, 0.1) is 12.6 Å². The monoisotopic (exact) mass is 527 g/mol. The fourth-order valence-corrected chi connectivity index (χ4v) is 4.69. The maximum atomic E-state index is 13.5. The standard InChI is InChI=1S/C32H37N3O4/c1-22-18-35(23(2)21-36)32(38)29-16-26(11-10-24(3)37)17-33-31(29)39-30(22)20-34(4)19-25-12-14-28(15-13-25)27-8-6-5-7-9-27/h5-9,12-17,22-24,30,36-37H,18-21H2,1-4H3/t22-,23-,24+,30-/m1/s1. The molecular formula is C32H37N3O4. The van der Waals surface area contributed by atoms with E-state index in [0.717, 1.165) is 6.54 Å². The smallest absolute Gasteiger partial charge is 0.259 e. The number of aromatic nitrogens is 1. The molecule has 4 rings (SSSR count). The van der Waals surface area contributed by atoms with Gasteiger partial charge in [-0.25, -0.2) is 4.98 Å². The molecule has 0 radical (unpaired) electrons. The van der Waals surface area contributed by atoms with Crippen molar-refractivity contribution in [3.8, 4) is 28.8 Å². The van der Waals surface area contributed by atoms with Crippen LogP contribution in [0.15, 0.2) is 66.9 Å². The van der Waals surface area contributed by atoms with Gasteiger partial charge in [-0.1, -0.05) is 73.4 Å². The predicted molar refractivity (Wildman–Crippen MR) is 152 cm³/mol. The molecule has 4 atom stereocenters. The van der Waals surface area contributed by atoms with Crippen LogP contribution in [0.25, 0.3) is 11.1 Å². The Morgan fingerprint density at radius 1 is 1.13 bits per heavy atom. The van der Waals surface area contributed by atoms with E-state index in [1.165, 1.54) is 16.7 Å². The molecule has 1 aromatic heterocycles. The van der Waals surface area contributed by atoms with Crippen molar-refractivity contribution in [2.24, 2.45) is 5.92 Å². The zero-order valence-corrected chi connectivity index (χ0v) is 23.0. The zero-order chi connectivity index (χ0) is 27.9. The molecule has 1 amide bonds. The molecule has 3 aromatic rings. The third kappa shape index (κ3) is 7.24. The number of benzene rings is 2. The summed E-state index contributed by atoms with van der Waals surface area (Å²) in [5.41, 5.74) is 4.40. The molecule has 2 N–H and O–H groups in total. The van der Waals surface area contributed by atoms with Gasteiger partial charge < -0.3 is 19.8 Å². The Kier molecular flexibility index (Phi) is 9.36. The van der Waals surface area contributed by atoms with Gasteiger partial charge in [-0.15, -0.1) is 0 Å². The number of pyridine rings is 1.